The molecule has 0 bridgehead atoms. The van der Waals surface area contributed by atoms with Crippen LogP contribution >= 0.6 is 0 Å². The zero-order chi connectivity index (χ0) is 23.5. The zero-order valence-corrected chi connectivity index (χ0v) is 20.0. The molecular formula is C28H33N5O. The van der Waals surface area contributed by atoms with Crippen LogP contribution in [0.2, 0.25) is 0 Å². The van der Waals surface area contributed by atoms with Crippen molar-refractivity contribution in [1.82, 2.24) is 19.8 Å². The minimum atomic E-state index is 0.0157. The molecule has 34 heavy (non-hydrogen) atoms. The van der Waals surface area contributed by atoms with Crippen LogP contribution in [0.25, 0.3) is 10.9 Å². The molecule has 1 amide bonds. The summed E-state index contributed by atoms with van der Waals surface area (Å²) in [6.45, 7) is 6.14. The maximum Gasteiger partial charge on any atom is 0.252 e. The molecule has 1 N–H and O–H groups in total. The van der Waals surface area contributed by atoms with Gasteiger partial charge in [-0.15, -0.1) is 0 Å². The number of aromatic nitrogens is 2. The van der Waals surface area contributed by atoms with Gasteiger partial charge in [-0.25, -0.2) is 0 Å². The summed E-state index contributed by atoms with van der Waals surface area (Å²) in [5.74, 6) is 0.744. The number of benzene rings is 1. The average molecular weight is 456 g/mol. The number of nitriles is 1. The fourth-order valence-electron chi connectivity index (χ4n) is 5.83. The Bertz CT molecular complexity index is 1210. The van der Waals surface area contributed by atoms with Gasteiger partial charge in [0.15, 0.2) is 0 Å². The number of amides is 1. The Hall–Kier alpha value is -3.17. The lowest BCUT2D eigenvalue weighted by molar-refractivity contribution is 0.0921. The highest BCUT2D eigenvalue weighted by Crippen LogP contribution is 2.29. The standard InChI is InChI=1S/C28H33N5O/c1-2-33-23(18-29)17-21-19-32(16-13-27(21)33)15-12-20-8-10-22(11-9-20)31-28(34)25-5-3-7-26-24(25)6-4-14-30-26/h3-7,14,17,20,22H,2,8-13,15-16,19H2,1H3,(H,31,34)/t20-,22-. The number of nitrogens with zero attached hydrogens (tertiary/aromatic N) is 4. The van der Waals surface area contributed by atoms with Gasteiger partial charge in [-0.05, 0) is 81.3 Å². The van der Waals surface area contributed by atoms with Crippen LogP contribution in [-0.4, -0.2) is 39.5 Å². The van der Waals surface area contributed by atoms with Crippen LogP contribution < -0.4 is 5.32 Å². The average Bonchev–Trinajstić information content (AvgIpc) is 3.25. The quantitative estimate of drug-likeness (QED) is 0.586. The van der Waals surface area contributed by atoms with Crippen molar-refractivity contribution >= 4 is 16.8 Å². The second-order valence-corrected chi connectivity index (χ2v) is 9.74. The molecule has 1 aliphatic heterocycles. The predicted molar refractivity (Wildman–Crippen MR) is 133 cm³/mol. The van der Waals surface area contributed by atoms with Gasteiger partial charge in [0.25, 0.3) is 5.91 Å². The summed E-state index contributed by atoms with van der Waals surface area (Å²) in [6.07, 6.45) is 8.46. The van der Waals surface area contributed by atoms with Crippen LogP contribution in [0.15, 0.2) is 42.6 Å². The minimum Gasteiger partial charge on any atom is -0.349 e. The smallest absolute Gasteiger partial charge is 0.252 e. The second kappa shape index (κ2) is 9.99. The lowest BCUT2D eigenvalue weighted by Crippen LogP contribution is -2.38. The van der Waals surface area contributed by atoms with Crippen LogP contribution in [0.3, 0.4) is 0 Å². The van der Waals surface area contributed by atoms with Crippen LogP contribution in [0, 0.1) is 17.2 Å². The van der Waals surface area contributed by atoms with Gasteiger partial charge in [-0.2, -0.15) is 5.26 Å². The molecule has 0 unspecified atom stereocenters. The predicted octanol–water partition coefficient (Wildman–Crippen LogP) is 4.66. The van der Waals surface area contributed by atoms with Crippen molar-refractivity contribution in [3.8, 4) is 6.07 Å². The molecule has 5 rings (SSSR count). The second-order valence-electron chi connectivity index (χ2n) is 9.74. The molecule has 1 aromatic carbocycles. The maximum atomic E-state index is 12.9. The fourth-order valence-corrected chi connectivity index (χ4v) is 5.83. The first-order valence-corrected chi connectivity index (χ1v) is 12.6. The summed E-state index contributed by atoms with van der Waals surface area (Å²) in [6, 6.07) is 14.3. The van der Waals surface area contributed by atoms with E-state index in [9.17, 15) is 10.1 Å². The summed E-state index contributed by atoms with van der Waals surface area (Å²) in [5, 5.41) is 13.6. The summed E-state index contributed by atoms with van der Waals surface area (Å²) >= 11 is 0. The Labute approximate surface area is 201 Å². The van der Waals surface area contributed by atoms with Crippen molar-refractivity contribution in [3.63, 3.8) is 0 Å². The molecule has 6 heteroatoms. The molecule has 3 heterocycles. The SMILES string of the molecule is CCn1c(C#N)cc2c1CCN(CC[C@H]1CC[C@H](NC(=O)c3cccc4ncccc34)CC1)C2. The summed E-state index contributed by atoms with van der Waals surface area (Å²) in [5.41, 5.74) is 5.06. The number of carbonyl (C=O) groups is 1. The fraction of sp³-hybridized carbons (Fsp3) is 0.464. The third kappa shape index (κ3) is 4.58. The van der Waals surface area contributed by atoms with Gasteiger partial charge in [-0.3, -0.25) is 14.7 Å². The van der Waals surface area contributed by atoms with Crippen LogP contribution in [0.4, 0.5) is 0 Å². The molecule has 1 aliphatic carbocycles. The molecule has 2 aromatic heterocycles. The Morgan fingerprint density at radius 2 is 2.06 bits per heavy atom. The molecule has 1 saturated carbocycles. The molecule has 6 nitrogen and oxygen atoms in total. The molecule has 0 atom stereocenters. The lowest BCUT2D eigenvalue weighted by Gasteiger charge is -2.32. The van der Waals surface area contributed by atoms with E-state index in [-0.39, 0.29) is 11.9 Å². The van der Waals surface area contributed by atoms with Gasteiger partial charge >= 0.3 is 0 Å². The highest BCUT2D eigenvalue weighted by atomic mass is 16.1. The van der Waals surface area contributed by atoms with E-state index in [0.717, 1.165) is 68.0 Å². The number of carbonyl (C=O) groups excluding carboxylic acids is 1. The number of nitrogens with one attached hydrogen (secondary N) is 1. The van der Waals surface area contributed by atoms with E-state index in [0.29, 0.717) is 5.56 Å². The van der Waals surface area contributed by atoms with Gasteiger partial charge in [0, 0.05) is 54.9 Å². The van der Waals surface area contributed by atoms with Gasteiger partial charge in [0.2, 0.25) is 0 Å². The van der Waals surface area contributed by atoms with E-state index in [4.69, 9.17) is 0 Å². The molecule has 1 fully saturated rings. The Kier molecular flexibility index (Phi) is 6.64. The highest BCUT2D eigenvalue weighted by Gasteiger charge is 2.26. The Morgan fingerprint density at radius 3 is 2.85 bits per heavy atom. The van der Waals surface area contributed by atoms with Crippen molar-refractivity contribution in [2.24, 2.45) is 5.92 Å². The third-order valence-electron chi connectivity index (χ3n) is 7.71. The van der Waals surface area contributed by atoms with Crippen LogP contribution in [-0.2, 0) is 19.5 Å². The van der Waals surface area contributed by atoms with Crippen molar-refractivity contribution < 1.29 is 4.79 Å². The van der Waals surface area contributed by atoms with Crippen molar-refractivity contribution in [2.75, 3.05) is 13.1 Å². The topological polar surface area (TPSA) is 74.0 Å². The minimum absolute atomic E-state index is 0.0157. The molecule has 3 aromatic rings. The maximum absolute atomic E-state index is 12.9. The Balaban J connectivity index is 1.10. The molecule has 176 valence electrons. The number of pyridine rings is 1. The van der Waals surface area contributed by atoms with Gasteiger partial charge in [-0.1, -0.05) is 12.1 Å². The first kappa shape index (κ1) is 22.6. The van der Waals surface area contributed by atoms with E-state index < -0.39 is 0 Å². The highest BCUT2D eigenvalue weighted by molar-refractivity contribution is 6.06. The van der Waals surface area contributed by atoms with Crippen molar-refractivity contribution in [3.05, 3.63) is 65.1 Å². The Morgan fingerprint density at radius 1 is 1.21 bits per heavy atom. The largest absolute Gasteiger partial charge is 0.349 e. The van der Waals surface area contributed by atoms with Crippen LogP contribution in [0.1, 0.15) is 66.3 Å². The van der Waals surface area contributed by atoms with Gasteiger partial charge < -0.3 is 9.88 Å². The van der Waals surface area contributed by atoms with E-state index in [2.05, 4.69) is 38.8 Å². The number of hydrogen-bond acceptors (Lipinski definition) is 4. The summed E-state index contributed by atoms with van der Waals surface area (Å²) in [7, 11) is 0. The third-order valence-corrected chi connectivity index (χ3v) is 7.71. The summed E-state index contributed by atoms with van der Waals surface area (Å²) < 4.78 is 2.18. The first-order valence-electron chi connectivity index (χ1n) is 12.6. The number of rotatable bonds is 6. The van der Waals surface area contributed by atoms with E-state index in [1.165, 1.54) is 30.5 Å². The first-order chi connectivity index (χ1) is 16.7. The van der Waals surface area contributed by atoms with E-state index in [1.807, 2.05) is 30.3 Å². The van der Waals surface area contributed by atoms with Gasteiger partial charge in [0.05, 0.1) is 5.52 Å². The molecule has 0 spiro atoms. The van der Waals surface area contributed by atoms with E-state index in [1.54, 1.807) is 6.20 Å². The van der Waals surface area contributed by atoms with Crippen molar-refractivity contribution in [1.29, 1.82) is 5.26 Å². The normalized spacial score (nSPS) is 20.6. The molecule has 0 saturated heterocycles. The van der Waals surface area contributed by atoms with Crippen molar-refractivity contribution in [2.45, 2.75) is 64.6 Å². The summed E-state index contributed by atoms with van der Waals surface area (Å²) in [4.78, 5) is 19.9. The monoisotopic (exact) mass is 455 g/mol. The molecule has 2 aliphatic rings. The zero-order valence-electron chi connectivity index (χ0n) is 20.0. The van der Waals surface area contributed by atoms with Gasteiger partial charge in [0.1, 0.15) is 11.8 Å². The number of fused-ring (bicyclic) bond motifs is 2. The number of hydrogen-bond donors (Lipinski definition) is 1. The van der Waals surface area contributed by atoms with Crippen LogP contribution in [0.5, 0.6) is 0 Å². The lowest BCUT2D eigenvalue weighted by atomic mass is 9.83. The molecule has 0 radical (unpaired) electrons. The molecular weight excluding hydrogens is 422 g/mol. The van der Waals surface area contributed by atoms with E-state index >= 15 is 0 Å².